The standard InChI is InChI=1S/C13H8F3N3O/c14-13(15,16)8-1-4-12(17-6-8)20-9-2-3-10-11(5-9)19-7-18-10/h1-7H,(H,18,19). The van der Waals surface area contributed by atoms with E-state index in [0.29, 0.717) is 5.75 Å². The van der Waals surface area contributed by atoms with Gasteiger partial charge in [-0.1, -0.05) is 0 Å². The Balaban J connectivity index is 1.83. The van der Waals surface area contributed by atoms with Gasteiger partial charge < -0.3 is 9.72 Å². The van der Waals surface area contributed by atoms with Gasteiger partial charge in [0.2, 0.25) is 5.88 Å². The van der Waals surface area contributed by atoms with Crippen molar-refractivity contribution in [2.75, 3.05) is 0 Å². The molecule has 0 amide bonds. The van der Waals surface area contributed by atoms with Crippen LogP contribution in [0.1, 0.15) is 5.56 Å². The predicted octanol–water partition coefficient (Wildman–Crippen LogP) is 3.77. The topological polar surface area (TPSA) is 50.8 Å². The second-order valence-corrected chi connectivity index (χ2v) is 4.07. The molecule has 20 heavy (non-hydrogen) atoms. The molecule has 0 aliphatic rings. The van der Waals surface area contributed by atoms with E-state index in [1.165, 1.54) is 6.07 Å². The number of hydrogen-bond acceptors (Lipinski definition) is 3. The molecule has 4 nitrogen and oxygen atoms in total. The first-order valence-electron chi connectivity index (χ1n) is 5.66. The smallest absolute Gasteiger partial charge is 0.417 e. The monoisotopic (exact) mass is 279 g/mol. The molecule has 0 radical (unpaired) electrons. The van der Waals surface area contributed by atoms with Crippen LogP contribution >= 0.6 is 0 Å². The number of aromatic amines is 1. The summed E-state index contributed by atoms with van der Waals surface area (Å²) >= 11 is 0. The predicted molar refractivity (Wildman–Crippen MR) is 65.4 cm³/mol. The highest BCUT2D eigenvalue weighted by Gasteiger charge is 2.30. The number of aromatic nitrogens is 3. The Kier molecular flexibility index (Phi) is 2.81. The third-order valence-corrected chi connectivity index (χ3v) is 2.68. The van der Waals surface area contributed by atoms with Gasteiger partial charge in [0.15, 0.2) is 0 Å². The van der Waals surface area contributed by atoms with Crippen molar-refractivity contribution in [2.24, 2.45) is 0 Å². The maximum absolute atomic E-state index is 12.4. The molecule has 0 aliphatic heterocycles. The maximum atomic E-state index is 12.4. The molecular weight excluding hydrogens is 271 g/mol. The molecule has 0 aliphatic carbocycles. The van der Waals surface area contributed by atoms with Gasteiger partial charge in [0.1, 0.15) is 5.75 Å². The van der Waals surface area contributed by atoms with Crippen molar-refractivity contribution in [2.45, 2.75) is 6.18 Å². The van der Waals surface area contributed by atoms with Crippen LogP contribution in [0, 0.1) is 0 Å². The molecule has 102 valence electrons. The molecule has 7 heteroatoms. The summed E-state index contributed by atoms with van der Waals surface area (Å²) in [5.74, 6) is 0.561. The van der Waals surface area contributed by atoms with Crippen LogP contribution in [-0.4, -0.2) is 15.0 Å². The van der Waals surface area contributed by atoms with Crippen LogP contribution in [0.4, 0.5) is 13.2 Å². The van der Waals surface area contributed by atoms with E-state index >= 15 is 0 Å². The minimum atomic E-state index is -4.40. The Hall–Kier alpha value is -2.57. The van der Waals surface area contributed by atoms with Crippen LogP contribution in [0.2, 0.25) is 0 Å². The number of hydrogen-bond donors (Lipinski definition) is 1. The molecule has 3 rings (SSSR count). The van der Waals surface area contributed by atoms with E-state index < -0.39 is 11.7 Å². The number of rotatable bonds is 2. The molecule has 2 aromatic heterocycles. The van der Waals surface area contributed by atoms with E-state index in [9.17, 15) is 13.2 Å². The van der Waals surface area contributed by atoms with Crippen LogP contribution in [0.25, 0.3) is 11.0 Å². The maximum Gasteiger partial charge on any atom is 0.417 e. The van der Waals surface area contributed by atoms with Crippen LogP contribution in [0.3, 0.4) is 0 Å². The molecule has 0 fully saturated rings. The number of nitrogens with zero attached hydrogens (tertiary/aromatic N) is 2. The number of pyridine rings is 1. The summed E-state index contributed by atoms with van der Waals surface area (Å²) in [6, 6.07) is 7.21. The van der Waals surface area contributed by atoms with Crippen molar-refractivity contribution in [1.82, 2.24) is 15.0 Å². The van der Waals surface area contributed by atoms with E-state index in [1.54, 1.807) is 24.5 Å². The number of fused-ring (bicyclic) bond motifs is 1. The molecule has 3 aromatic rings. The number of halogens is 3. The van der Waals surface area contributed by atoms with Crippen molar-refractivity contribution in [3.63, 3.8) is 0 Å². The summed E-state index contributed by atoms with van der Waals surface area (Å²) in [5.41, 5.74) is 0.737. The molecule has 0 saturated heterocycles. The Morgan fingerprint density at radius 2 is 1.90 bits per heavy atom. The highest BCUT2D eigenvalue weighted by atomic mass is 19.4. The summed E-state index contributed by atoms with van der Waals surface area (Å²) < 4.78 is 42.6. The van der Waals surface area contributed by atoms with Gasteiger partial charge in [-0.2, -0.15) is 13.2 Å². The van der Waals surface area contributed by atoms with Gasteiger partial charge in [-0.25, -0.2) is 9.97 Å². The third-order valence-electron chi connectivity index (χ3n) is 2.68. The van der Waals surface area contributed by atoms with Crippen molar-refractivity contribution in [3.8, 4) is 11.6 Å². The first kappa shape index (κ1) is 12.5. The van der Waals surface area contributed by atoms with Gasteiger partial charge in [-0.3, -0.25) is 0 Å². The molecule has 0 unspecified atom stereocenters. The van der Waals surface area contributed by atoms with Gasteiger partial charge >= 0.3 is 6.18 Å². The average Bonchev–Trinajstić information content (AvgIpc) is 2.86. The SMILES string of the molecule is FC(F)(F)c1ccc(Oc2ccc3nc[nH]c3c2)nc1. The highest BCUT2D eigenvalue weighted by Crippen LogP contribution is 2.30. The summed E-state index contributed by atoms with van der Waals surface area (Å²) in [6.07, 6.45) is -2.12. The first-order valence-corrected chi connectivity index (χ1v) is 5.66. The molecule has 0 bridgehead atoms. The number of H-pyrrole nitrogens is 1. The Morgan fingerprint density at radius 3 is 2.60 bits per heavy atom. The zero-order valence-electron chi connectivity index (χ0n) is 9.98. The number of benzene rings is 1. The van der Waals surface area contributed by atoms with Gasteiger partial charge in [0.25, 0.3) is 0 Å². The highest BCUT2D eigenvalue weighted by molar-refractivity contribution is 5.76. The van der Waals surface area contributed by atoms with Crippen molar-refractivity contribution in [3.05, 3.63) is 48.4 Å². The number of ether oxygens (including phenoxy) is 1. The van der Waals surface area contributed by atoms with Crippen LogP contribution in [0.15, 0.2) is 42.9 Å². The summed E-state index contributed by atoms with van der Waals surface area (Å²) in [6.45, 7) is 0. The lowest BCUT2D eigenvalue weighted by Gasteiger charge is -2.07. The fourth-order valence-corrected chi connectivity index (χ4v) is 1.71. The van der Waals surface area contributed by atoms with E-state index in [2.05, 4.69) is 15.0 Å². The van der Waals surface area contributed by atoms with E-state index in [-0.39, 0.29) is 5.88 Å². The van der Waals surface area contributed by atoms with Gasteiger partial charge in [-0.15, -0.1) is 0 Å². The minimum absolute atomic E-state index is 0.0943. The second-order valence-electron chi connectivity index (χ2n) is 4.07. The lowest BCUT2D eigenvalue weighted by molar-refractivity contribution is -0.137. The number of nitrogens with one attached hydrogen (secondary N) is 1. The largest absolute Gasteiger partial charge is 0.439 e. The molecule has 0 saturated carbocycles. The Morgan fingerprint density at radius 1 is 1.05 bits per heavy atom. The van der Waals surface area contributed by atoms with Crippen LogP contribution in [-0.2, 0) is 6.18 Å². The molecule has 0 atom stereocenters. The molecule has 1 N–H and O–H groups in total. The molecule has 2 heterocycles. The fourth-order valence-electron chi connectivity index (χ4n) is 1.71. The third kappa shape index (κ3) is 2.42. The lowest BCUT2D eigenvalue weighted by Crippen LogP contribution is -2.05. The number of alkyl halides is 3. The van der Waals surface area contributed by atoms with Crippen LogP contribution in [0.5, 0.6) is 11.6 Å². The minimum Gasteiger partial charge on any atom is -0.439 e. The fraction of sp³-hybridized carbons (Fsp3) is 0.0769. The van der Waals surface area contributed by atoms with E-state index in [4.69, 9.17) is 4.74 Å². The molecule has 1 aromatic carbocycles. The van der Waals surface area contributed by atoms with Gasteiger partial charge in [0.05, 0.1) is 22.9 Å². The van der Waals surface area contributed by atoms with E-state index in [0.717, 1.165) is 23.3 Å². The second kappa shape index (κ2) is 4.52. The van der Waals surface area contributed by atoms with E-state index in [1.807, 2.05) is 0 Å². The van der Waals surface area contributed by atoms with Crippen molar-refractivity contribution in [1.29, 1.82) is 0 Å². The lowest BCUT2D eigenvalue weighted by atomic mass is 10.3. The Labute approximate surface area is 111 Å². The summed E-state index contributed by atoms with van der Waals surface area (Å²) in [5, 5.41) is 0. The van der Waals surface area contributed by atoms with Gasteiger partial charge in [0, 0.05) is 18.3 Å². The van der Waals surface area contributed by atoms with Crippen molar-refractivity contribution < 1.29 is 17.9 Å². The normalized spacial score (nSPS) is 11.8. The quantitative estimate of drug-likeness (QED) is 0.776. The van der Waals surface area contributed by atoms with Crippen LogP contribution < -0.4 is 4.74 Å². The Bertz CT molecular complexity index is 734. The molecule has 0 spiro atoms. The van der Waals surface area contributed by atoms with Gasteiger partial charge in [-0.05, 0) is 18.2 Å². The van der Waals surface area contributed by atoms with Crippen molar-refractivity contribution >= 4 is 11.0 Å². The zero-order chi connectivity index (χ0) is 14.2. The average molecular weight is 279 g/mol. The summed E-state index contributed by atoms with van der Waals surface area (Å²) in [4.78, 5) is 10.6. The summed E-state index contributed by atoms with van der Waals surface area (Å²) in [7, 11) is 0. The number of imidazole rings is 1. The zero-order valence-corrected chi connectivity index (χ0v) is 9.98. The molecular formula is C13H8F3N3O. The first-order chi connectivity index (χ1) is 9.52.